The van der Waals surface area contributed by atoms with Crippen LogP contribution in [0.2, 0.25) is 5.02 Å². The van der Waals surface area contributed by atoms with E-state index in [1.165, 1.54) is 9.59 Å². The molecule has 21 heteroatoms. The maximum Gasteiger partial charge on any atom is 0.306 e. The minimum atomic E-state index is -1.16. The minimum Gasteiger partial charge on any atom is -0.505 e. The third-order valence-corrected chi connectivity index (χ3v) is 16.1. The van der Waals surface area contributed by atoms with Crippen LogP contribution in [0.4, 0.5) is 5.69 Å². The van der Waals surface area contributed by atoms with Gasteiger partial charge in [-0.25, -0.2) is 15.1 Å². The van der Waals surface area contributed by atoms with Gasteiger partial charge in [-0.05, 0) is 128 Å². The van der Waals surface area contributed by atoms with E-state index in [0.29, 0.717) is 80.7 Å². The molecule has 0 spiro atoms. The summed E-state index contributed by atoms with van der Waals surface area (Å²) in [7, 11) is 5.73. The van der Waals surface area contributed by atoms with Crippen LogP contribution in [0, 0.1) is 16.7 Å². The van der Waals surface area contributed by atoms with E-state index in [-0.39, 0.29) is 104 Å². The lowest BCUT2D eigenvalue weighted by atomic mass is 9.78. The number of likely N-dealkylation sites (N-methyl/N-ethyl adjacent to an activating group) is 1. The SMILES string of the molecule is C=C(/C=C(\C(=O)C(C)C(C)(C)C)n1nc2ccc(Cl)cc2n1)CCCOCC(COCC)(COC(=O)CCc1cc(N(N(C)C)N(C)C2C=C(Cl)C=CC2)c(O)c(C(C)(C)C)c1)COC(=O)CCc1cc(-n2ncc(C=CC(C)Cl)n2)c(O)c(C(C)(C)C)c1. The highest BCUT2D eigenvalue weighted by atomic mass is 35.5. The first-order valence-electron chi connectivity index (χ1n) is 30.3. The molecule has 0 radical (unpaired) electrons. The normalized spacial score (nSPS) is 15.6. The van der Waals surface area contributed by atoms with Crippen molar-refractivity contribution in [1.82, 2.24) is 40.0 Å². The molecule has 89 heavy (non-hydrogen) atoms. The second kappa shape index (κ2) is 31.1. The fourth-order valence-corrected chi connectivity index (χ4v) is 10.4. The van der Waals surface area contributed by atoms with E-state index in [2.05, 4.69) is 27.0 Å². The Hall–Kier alpha value is -6.38. The van der Waals surface area contributed by atoms with Crippen molar-refractivity contribution in [2.45, 2.75) is 150 Å². The first-order chi connectivity index (χ1) is 41.7. The molecule has 2 N–H and O–H groups in total. The average Bonchev–Trinajstić information content (AvgIpc) is 2.71. The van der Waals surface area contributed by atoms with Gasteiger partial charge in [0.1, 0.15) is 58.5 Å². The largest absolute Gasteiger partial charge is 0.505 e. The van der Waals surface area contributed by atoms with E-state index in [1.807, 2.05) is 156 Å². The van der Waals surface area contributed by atoms with E-state index in [9.17, 15) is 24.6 Å². The van der Waals surface area contributed by atoms with Gasteiger partial charge in [-0.2, -0.15) is 5.10 Å². The molecule has 18 nitrogen and oxygen atoms in total. The van der Waals surface area contributed by atoms with Crippen molar-refractivity contribution in [3.8, 4) is 17.2 Å². The summed E-state index contributed by atoms with van der Waals surface area (Å²) in [5.74, 6) is -1.40. The molecule has 0 aliphatic heterocycles. The smallest absolute Gasteiger partial charge is 0.306 e. The van der Waals surface area contributed by atoms with Crippen LogP contribution in [0.15, 0.2) is 96.2 Å². The number of carbonyl (C=O) groups is 3. The maximum absolute atomic E-state index is 14.2. The van der Waals surface area contributed by atoms with Crippen molar-refractivity contribution >= 4 is 81.0 Å². The number of hydrazine groups is 2. The number of allylic oxidation sites excluding steroid dienone is 6. The number of phenols is 2. The first kappa shape index (κ1) is 71.7. The number of phenolic OH excluding ortho intramolecular Hbond substituents is 2. The van der Waals surface area contributed by atoms with Crippen LogP contribution >= 0.6 is 34.8 Å². The molecule has 2 heterocycles. The molecule has 1 aliphatic rings. The Labute approximate surface area is 541 Å². The number of fused-ring (bicyclic) bond motifs is 1. The van der Waals surface area contributed by atoms with Crippen LogP contribution in [0.5, 0.6) is 11.5 Å². The summed E-state index contributed by atoms with van der Waals surface area (Å²) >= 11 is 18.9. The zero-order valence-corrected chi connectivity index (χ0v) is 56.9. The number of aromatic nitrogens is 6. The molecule has 4 atom stereocenters. The topological polar surface area (TPSA) is 200 Å². The fourth-order valence-electron chi connectivity index (χ4n) is 9.95. The van der Waals surface area contributed by atoms with Gasteiger partial charge in [-0.15, -0.1) is 36.5 Å². The van der Waals surface area contributed by atoms with Gasteiger partial charge in [0.25, 0.3) is 0 Å². The number of esters is 2. The highest BCUT2D eigenvalue weighted by molar-refractivity contribution is 6.31. The number of ketones is 1. The Bertz CT molecular complexity index is 3420. The maximum atomic E-state index is 14.2. The highest BCUT2D eigenvalue weighted by Gasteiger charge is 2.37. The molecule has 3 aromatic carbocycles. The number of anilines is 1. The number of nitrogens with zero attached hydrogens (tertiary/aromatic N) is 9. The Morgan fingerprint density at radius 1 is 0.798 bits per heavy atom. The molecule has 2 aromatic heterocycles. The van der Waals surface area contributed by atoms with Crippen molar-refractivity contribution in [3.05, 3.63) is 129 Å². The Morgan fingerprint density at radius 2 is 1.40 bits per heavy atom. The fraction of sp³-hybridized carbons (Fsp3) is 0.515. The standard InChI is InChI=1S/C68H92Cl3N9O9/c1-17-86-40-68(41-87-31-19-20-44(2)32-57(62(83)46(4)65(5,6)7)79-74-55-28-26-50(71)38-56(55)75-79,42-88-60(81)29-24-47-33-53(66(8,9)10)63(84)58(35-47)78-72-39-51(73-78)27-23-45(3)69)43-89-61(82)30-25-48-34-54(67(11,12)13)64(85)59(36-48)80(76(14)15)77(16)52-22-18-21-49(70)37-52/h18,21,23,26-28,32-39,45-46,52,84-85H,2,17,19-20,22,24-25,29-31,40-43H2,1,3-16H3/b27-23?,57-32+. The van der Waals surface area contributed by atoms with Crippen LogP contribution in [-0.2, 0) is 57.0 Å². The minimum absolute atomic E-state index is 0.0148. The first-order valence-corrected chi connectivity index (χ1v) is 31.5. The molecule has 484 valence electrons. The van der Waals surface area contributed by atoms with Crippen molar-refractivity contribution in [1.29, 1.82) is 0 Å². The van der Waals surface area contributed by atoms with Crippen LogP contribution in [0.25, 0.3) is 28.5 Å². The Balaban J connectivity index is 1.23. The van der Waals surface area contributed by atoms with Gasteiger partial charge in [-0.3, -0.25) is 14.4 Å². The number of Topliss-reactive ketones (excluding diaryl/α,β-unsaturated/α-hetero) is 1. The van der Waals surface area contributed by atoms with E-state index < -0.39 is 28.2 Å². The van der Waals surface area contributed by atoms with Gasteiger partial charge < -0.3 is 29.2 Å². The lowest BCUT2D eigenvalue weighted by Crippen LogP contribution is -2.52. The number of ether oxygens (including phenoxy) is 4. The van der Waals surface area contributed by atoms with Crippen molar-refractivity contribution in [2.75, 3.05) is 65.9 Å². The molecule has 0 amide bonds. The van der Waals surface area contributed by atoms with Crippen LogP contribution in [0.1, 0.15) is 143 Å². The second-order valence-electron chi connectivity index (χ2n) is 26.5. The Kier molecular flexibility index (Phi) is 25.0. The molecule has 1 aliphatic carbocycles. The second-order valence-corrected chi connectivity index (χ2v) is 28.0. The predicted octanol–water partition coefficient (Wildman–Crippen LogP) is 13.7. The molecule has 4 unspecified atom stereocenters. The summed E-state index contributed by atoms with van der Waals surface area (Å²) in [5.41, 5.74) is 3.95. The zero-order chi connectivity index (χ0) is 65.8. The van der Waals surface area contributed by atoms with E-state index in [4.69, 9.17) is 53.8 Å². The van der Waals surface area contributed by atoms with Crippen LogP contribution in [-0.4, -0.2) is 140 Å². The molecule has 0 saturated heterocycles. The van der Waals surface area contributed by atoms with Gasteiger partial charge >= 0.3 is 11.9 Å². The number of hydrogen-bond acceptors (Lipinski definition) is 16. The number of alkyl halides is 1. The predicted molar refractivity (Wildman–Crippen MR) is 355 cm³/mol. The zero-order valence-electron chi connectivity index (χ0n) is 54.6. The lowest BCUT2D eigenvalue weighted by molar-refractivity contribution is -0.162. The Morgan fingerprint density at radius 3 is 1.99 bits per heavy atom. The summed E-state index contributed by atoms with van der Waals surface area (Å²) in [5, 5.41) is 48.5. The van der Waals surface area contributed by atoms with Gasteiger partial charge in [0.05, 0.1) is 30.9 Å². The van der Waals surface area contributed by atoms with Gasteiger partial charge in [0.2, 0.25) is 0 Å². The monoisotopic (exact) mass is 1280 g/mol. The summed E-state index contributed by atoms with van der Waals surface area (Å²) in [6.45, 7) is 28.1. The summed E-state index contributed by atoms with van der Waals surface area (Å²) < 4.78 is 24.8. The number of aromatic hydroxyl groups is 2. The molecule has 6 rings (SSSR count). The van der Waals surface area contributed by atoms with Crippen LogP contribution < -0.4 is 5.12 Å². The molecular weight excluding hydrogens is 1190 g/mol. The van der Waals surface area contributed by atoms with Crippen molar-refractivity contribution in [2.24, 2.45) is 16.7 Å². The van der Waals surface area contributed by atoms with Crippen molar-refractivity contribution < 1.29 is 43.5 Å². The third-order valence-electron chi connectivity index (χ3n) is 15.5. The number of halogens is 3. The van der Waals surface area contributed by atoms with E-state index in [1.54, 1.807) is 48.7 Å². The molecule has 0 saturated carbocycles. The van der Waals surface area contributed by atoms with Crippen LogP contribution in [0.3, 0.4) is 0 Å². The number of rotatable bonds is 30. The number of carbonyl (C=O) groups excluding carboxylic acids is 3. The van der Waals surface area contributed by atoms with Crippen molar-refractivity contribution in [3.63, 3.8) is 0 Å². The van der Waals surface area contributed by atoms with Gasteiger partial charge in [0.15, 0.2) is 5.78 Å². The average molecular weight is 1290 g/mol. The number of hydrogen-bond donors (Lipinski definition) is 2. The van der Waals surface area contributed by atoms with Gasteiger partial charge in [0, 0.05) is 79.7 Å². The van der Waals surface area contributed by atoms with E-state index in [0.717, 1.165) is 11.1 Å². The number of benzene rings is 3. The highest BCUT2D eigenvalue weighted by Crippen LogP contribution is 2.42. The third kappa shape index (κ3) is 20.1. The quantitative estimate of drug-likeness (QED) is 0.0110. The summed E-state index contributed by atoms with van der Waals surface area (Å²) in [6.07, 6.45) is 14.8. The molecule has 5 aromatic rings. The molecule has 0 bridgehead atoms. The number of aryl methyl sites for hydroxylation is 2. The summed E-state index contributed by atoms with van der Waals surface area (Å²) in [6, 6.07) is 12.5. The van der Waals surface area contributed by atoms with Gasteiger partial charge in [-0.1, -0.05) is 129 Å². The molecular formula is C68H92Cl3N9O9. The lowest BCUT2D eigenvalue weighted by Gasteiger charge is -2.43. The molecule has 0 fully saturated rings. The van der Waals surface area contributed by atoms with E-state index >= 15 is 0 Å². The summed E-state index contributed by atoms with van der Waals surface area (Å²) in [4.78, 5) is 45.0.